The van der Waals surface area contributed by atoms with E-state index in [9.17, 15) is 10.1 Å². The van der Waals surface area contributed by atoms with Crippen LogP contribution in [-0.4, -0.2) is 11.5 Å². The molecule has 14 heavy (non-hydrogen) atoms. The highest BCUT2D eigenvalue weighted by Crippen LogP contribution is 2.30. The summed E-state index contributed by atoms with van der Waals surface area (Å²) in [7, 11) is 0. The van der Waals surface area contributed by atoms with Crippen molar-refractivity contribution in [3.05, 3.63) is 44.0 Å². The number of hydrogen-bond donors (Lipinski definition) is 1. The van der Waals surface area contributed by atoms with Crippen LogP contribution in [0.25, 0.3) is 6.08 Å². The molecule has 1 aromatic rings. The minimum atomic E-state index is -0.364. The van der Waals surface area contributed by atoms with Crippen LogP contribution in [0.15, 0.2) is 28.4 Å². The van der Waals surface area contributed by atoms with E-state index in [4.69, 9.17) is 0 Å². The van der Waals surface area contributed by atoms with Crippen molar-refractivity contribution < 1.29 is 4.92 Å². The molecule has 0 saturated heterocycles. The summed E-state index contributed by atoms with van der Waals surface area (Å²) in [5.41, 5.74) is 1.95. The average molecular weight is 255 g/mol. The standard InChI is InChI=1S/C9H7BrN2O2/c10-8-3-1-2-6-4-7(12(13)14)5-11-9(6)8/h1-4,11H,5H2. The SMILES string of the molecule is O=[N+]([O-])C1=Cc2cccc(Br)c2NC1. The van der Waals surface area contributed by atoms with Crippen molar-refractivity contribution in [2.45, 2.75) is 0 Å². The lowest BCUT2D eigenvalue weighted by Gasteiger charge is -2.15. The zero-order valence-corrected chi connectivity index (χ0v) is 8.74. The predicted octanol–water partition coefficient (Wildman–Crippen LogP) is 2.49. The van der Waals surface area contributed by atoms with Gasteiger partial charge in [0.05, 0.1) is 10.6 Å². The Balaban J connectivity index is 2.50. The number of para-hydroxylation sites is 1. The Bertz CT molecular complexity index is 429. The molecule has 1 heterocycles. The molecule has 0 unspecified atom stereocenters. The van der Waals surface area contributed by atoms with Crippen molar-refractivity contribution >= 4 is 27.7 Å². The van der Waals surface area contributed by atoms with Crippen LogP contribution in [0, 0.1) is 10.1 Å². The van der Waals surface area contributed by atoms with Crippen LogP contribution in [0.1, 0.15) is 5.56 Å². The van der Waals surface area contributed by atoms with Gasteiger partial charge in [0.1, 0.15) is 6.54 Å². The van der Waals surface area contributed by atoms with E-state index in [2.05, 4.69) is 21.2 Å². The van der Waals surface area contributed by atoms with Crippen LogP contribution in [0.3, 0.4) is 0 Å². The van der Waals surface area contributed by atoms with Gasteiger partial charge in [-0.15, -0.1) is 0 Å². The molecule has 0 amide bonds. The summed E-state index contributed by atoms with van der Waals surface area (Å²) in [6, 6.07) is 5.59. The van der Waals surface area contributed by atoms with Crippen molar-refractivity contribution in [3.8, 4) is 0 Å². The van der Waals surface area contributed by atoms with Gasteiger partial charge in [0.15, 0.2) is 0 Å². The highest BCUT2D eigenvalue weighted by Gasteiger charge is 2.18. The van der Waals surface area contributed by atoms with E-state index < -0.39 is 0 Å². The Kier molecular flexibility index (Phi) is 2.25. The molecule has 0 radical (unpaired) electrons. The van der Waals surface area contributed by atoms with Gasteiger partial charge >= 0.3 is 0 Å². The smallest absolute Gasteiger partial charge is 0.265 e. The molecule has 1 aromatic carbocycles. The molecule has 0 spiro atoms. The first-order chi connectivity index (χ1) is 6.68. The molecule has 1 N–H and O–H groups in total. The molecule has 0 saturated carbocycles. The maximum absolute atomic E-state index is 10.5. The van der Waals surface area contributed by atoms with Crippen molar-refractivity contribution in [1.82, 2.24) is 0 Å². The normalized spacial score (nSPS) is 13.9. The number of rotatable bonds is 1. The quantitative estimate of drug-likeness (QED) is 0.619. The lowest BCUT2D eigenvalue weighted by atomic mass is 10.1. The number of nitrogens with one attached hydrogen (secondary N) is 1. The molecule has 5 heteroatoms. The lowest BCUT2D eigenvalue weighted by molar-refractivity contribution is -0.423. The van der Waals surface area contributed by atoms with Crippen molar-refractivity contribution in [1.29, 1.82) is 0 Å². The molecule has 4 nitrogen and oxygen atoms in total. The summed E-state index contributed by atoms with van der Waals surface area (Å²) in [6.07, 6.45) is 1.59. The van der Waals surface area contributed by atoms with E-state index in [0.717, 1.165) is 15.7 Å². The Morgan fingerprint density at radius 2 is 2.29 bits per heavy atom. The highest BCUT2D eigenvalue weighted by molar-refractivity contribution is 9.10. The number of benzene rings is 1. The Labute approximate surface area is 88.9 Å². The number of fused-ring (bicyclic) bond motifs is 1. The van der Waals surface area contributed by atoms with Gasteiger partial charge in [-0.25, -0.2) is 0 Å². The largest absolute Gasteiger partial charge is 0.374 e. The summed E-state index contributed by atoms with van der Waals surface area (Å²) < 4.78 is 0.925. The molecule has 0 aliphatic carbocycles. The predicted molar refractivity (Wildman–Crippen MR) is 57.6 cm³/mol. The maximum atomic E-state index is 10.5. The molecule has 0 fully saturated rings. The van der Waals surface area contributed by atoms with E-state index >= 15 is 0 Å². The molecular formula is C9H7BrN2O2. The van der Waals surface area contributed by atoms with Crippen LogP contribution in [-0.2, 0) is 0 Å². The first-order valence-electron chi connectivity index (χ1n) is 4.06. The second kappa shape index (κ2) is 3.42. The summed E-state index contributed by atoms with van der Waals surface area (Å²) in [4.78, 5) is 10.2. The fourth-order valence-corrected chi connectivity index (χ4v) is 1.90. The molecule has 1 aliphatic rings. The van der Waals surface area contributed by atoms with Gasteiger partial charge < -0.3 is 5.32 Å². The second-order valence-corrected chi connectivity index (χ2v) is 3.80. The highest BCUT2D eigenvalue weighted by atomic mass is 79.9. The first kappa shape index (κ1) is 9.21. The summed E-state index contributed by atoms with van der Waals surface area (Å²) >= 11 is 3.38. The van der Waals surface area contributed by atoms with E-state index in [1.165, 1.54) is 0 Å². The third kappa shape index (κ3) is 1.50. The summed E-state index contributed by atoms with van der Waals surface area (Å²) in [5.74, 6) is 0. The minimum absolute atomic E-state index is 0.190. The van der Waals surface area contributed by atoms with Gasteiger partial charge in [-0.05, 0) is 22.0 Å². The number of nitrogens with zero attached hydrogens (tertiary/aromatic N) is 1. The van der Waals surface area contributed by atoms with E-state index in [-0.39, 0.29) is 17.2 Å². The van der Waals surface area contributed by atoms with Crippen LogP contribution < -0.4 is 5.32 Å². The van der Waals surface area contributed by atoms with Gasteiger partial charge in [0, 0.05) is 16.1 Å². The number of nitro groups is 1. The lowest BCUT2D eigenvalue weighted by Crippen LogP contribution is -2.16. The van der Waals surface area contributed by atoms with Crippen LogP contribution in [0.2, 0.25) is 0 Å². The Morgan fingerprint density at radius 1 is 1.50 bits per heavy atom. The third-order valence-corrected chi connectivity index (χ3v) is 2.71. The van der Waals surface area contributed by atoms with Gasteiger partial charge in [-0.3, -0.25) is 10.1 Å². The molecular weight excluding hydrogens is 248 g/mol. The van der Waals surface area contributed by atoms with Gasteiger partial charge in [0.2, 0.25) is 0 Å². The molecule has 72 valence electrons. The second-order valence-electron chi connectivity index (χ2n) is 2.95. The molecule has 0 bridgehead atoms. The fourth-order valence-electron chi connectivity index (χ4n) is 1.37. The number of halogens is 1. The minimum Gasteiger partial charge on any atom is -0.374 e. The average Bonchev–Trinajstić information content (AvgIpc) is 2.17. The van der Waals surface area contributed by atoms with E-state index in [1.54, 1.807) is 6.08 Å². The third-order valence-electron chi connectivity index (χ3n) is 2.05. The number of hydrogen-bond acceptors (Lipinski definition) is 3. The molecule has 2 rings (SSSR count). The molecule has 0 aromatic heterocycles. The van der Waals surface area contributed by atoms with Crippen molar-refractivity contribution in [2.75, 3.05) is 11.9 Å². The van der Waals surface area contributed by atoms with Gasteiger partial charge in [-0.1, -0.05) is 12.1 Å². The van der Waals surface area contributed by atoms with Crippen LogP contribution in [0.4, 0.5) is 5.69 Å². The monoisotopic (exact) mass is 254 g/mol. The maximum Gasteiger partial charge on any atom is 0.265 e. The zero-order chi connectivity index (χ0) is 10.1. The summed E-state index contributed by atoms with van der Waals surface area (Å²) in [5, 5.41) is 13.5. The van der Waals surface area contributed by atoms with Gasteiger partial charge in [0.25, 0.3) is 5.70 Å². The fraction of sp³-hybridized carbons (Fsp3) is 0.111. The Hall–Kier alpha value is -1.36. The first-order valence-corrected chi connectivity index (χ1v) is 4.85. The molecule has 0 atom stereocenters. The van der Waals surface area contributed by atoms with Crippen molar-refractivity contribution in [3.63, 3.8) is 0 Å². The molecule has 1 aliphatic heterocycles. The topological polar surface area (TPSA) is 55.2 Å². The van der Waals surface area contributed by atoms with E-state index in [0.29, 0.717) is 0 Å². The summed E-state index contributed by atoms with van der Waals surface area (Å²) in [6.45, 7) is 0.266. The number of anilines is 1. The zero-order valence-electron chi connectivity index (χ0n) is 7.16. The van der Waals surface area contributed by atoms with E-state index in [1.807, 2.05) is 18.2 Å². The van der Waals surface area contributed by atoms with Crippen LogP contribution in [0.5, 0.6) is 0 Å². The Morgan fingerprint density at radius 3 is 3.00 bits per heavy atom. The van der Waals surface area contributed by atoms with Gasteiger partial charge in [-0.2, -0.15) is 0 Å². The van der Waals surface area contributed by atoms with Crippen LogP contribution >= 0.6 is 15.9 Å². The van der Waals surface area contributed by atoms with Crippen molar-refractivity contribution in [2.24, 2.45) is 0 Å².